The third-order valence-corrected chi connectivity index (χ3v) is 3.44. The molecule has 1 unspecified atom stereocenters. The molecule has 1 aliphatic carbocycles. The third kappa shape index (κ3) is 3.00. The van der Waals surface area contributed by atoms with E-state index in [4.69, 9.17) is 9.47 Å². The second kappa shape index (κ2) is 5.08. The predicted molar refractivity (Wildman–Crippen MR) is 68.0 cm³/mol. The maximum atomic E-state index is 11.6. The van der Waals surface area contributed by atoms with E-state index in [9.17, 15) is 4.79 Å². The molecule has 0 bridgehead atoms. The summed E-state index contributed by atoms with van der Waals surface area (Å²) in [6, 6.07) is 5.80. The Morgan fingerprint density at radius 2 is 2.18 bits per heavy atom. The summed E-state index contributed by atoms with van der Waals surface area (Å²) in [6.45, 7) is 2.01. The van der Waals surface area contributed by atoms with Crippen LogP contribution in [-0.2, 0) is 9.53 Å². The van der Waals surface area contributed by atoms with E-state index >= 15 is 0 Å². The van der Waals surface area contributed by atoms with E-state index in [1.165, 1.54) is 7.11 Å². The Kier molecular flexibility index (Phi) is 3.72. The molecule has 4 heteroatoms. The van der Waals surface area contributed by atoms with E-state index in [0.717, 1.165) is 22.9 Å². The van der Waals surface area contributed by atoms with Gasteiger partial charge in [0.25, 0.3) is 0 Å². The number of esters is 1. The maximum absolute atomic E-state index is 11.6. The molecular weight excluding hydrogens is 284 g/mol. The van der Waals surface area contributed by atoms with E-state index in [1.807, 2.05) is 25.1 Å². The first-order valence-corrected chi connectivity index (χ1v) is 6.41. The lowest BCUT2D eigenvalue weighted by Crippen LogP contribution is -2.30. The SMILES string of the molecule is COC(=O)C(Oc1ccc(C)cc1Br)C1CC1. The monoisotopic (exact) mass is 298 g/mol. The largest absolute Gasteiger partial charge is 0.477 e. The van der Waals surface area contributed by atoms with Crippen molar-refractivity contribution in [1.29, 1.82) is 0 Å². The summed E-state index contributed by atoms with van der Waals surface area (Å²) >= 11 is 3.44. The molecule has 0 aliphatic heterocycles. The number of carbonyl (C=O) groups is 1. The van der Waals surface area contributed by atoms with Crippen molar-refractivity contribution in [1.82, 2.24) is 0 Å². The highest BCUT2D eigenvalue weighted by Crippen LogP contribution is 2.37. The normalized spacial score (nSPS) is 16.4. The van der Waals surface area contributed by atoms with Gasteiger partial charge in [0.05, 0.1) is 11.6 Å². The van der Waals surface area contributed by atoms with Crippen LogP contribution in [0.25, 0.3) is 0 Å². The molecule has 0 amide bonds. The molecule has 0 aromatic heterocycles. The Morgan fingerprint density at radius 1 is 1.47 bits per heavy atom. The van der Waals surface area contributed by atoms with Gasteiger partial charge < -0.3 is 9.47 Å². The molecule has 1 saturated carbocycles. The number of rotatable bonds is 4. The fourth-order valence-electron chi connectivity index (χ4n) is 1.69. The smallest absolute Gasteiger partial charge is 0.347 e. The van der Waals surface area contributed by atoms with Crippen LogP contribution in [0.3, 0.4) is 0 Å². The number of ether oxygens (including phenoxy) is 2. The summed E-state index contributed by atoms with van der Waals surface area (Å²) in [5.41, 5.74) is 1.14. The minimum Gasteiger partial charge on any atom is -0.477 e. The van der Waals surface area contributed by atoms with E-state index in [-0.39, 0.29) is 5.97 Å². The average molecular weight is 299 g/mol. The molecule has 0 spiro atoms. The van der Waals surface area contributed by atoms with E-state index in [1.54, 1.807) is 0 Å². The standard InChI is InChI=1S/C13H15BrO3/c1-8-3-6-11(10(14)7-8)17-12(9-4-5-9)13(15)16-2/h3,6-7,9,12H,4-5H2,1-2H3. The molecule has 92 valence electrons. The Bertz CT molecular complexity index is 427. The van der Waals surface area contributed by atoms with Gasteiger partial charge in [-0.15, -0.1) is 0 Å². The van der Waals surface area contributed by atoms with Gasteiger partial charge in [-0.1, -0.05) is 6.07 Å². The molecule has 1 fully saturated rings. The summed E-state index contributed by atoms with van der Waals surface area (Å²) < 4.78 is 11.4. The van der Waals surface area contributed by atoms with Crippen molar-refractivity contribution in [2.75, 3.05) is 7.11 Å². The molecule has 0 N–H and O–H groups in total. The number of hydrogen-bond donors (Lipinski definition) is 0. The molecule has 1 aliphatic rings. The fourth-order valence-corrected chi connectivity index (χ4v) is 2.28. The summed E-state index contributed by atoms with van der Waals surface area (Å²) in [4.78, 5) is 11.6. The number of methoxy groups -OCH3 is 1. The number of benzene rings is 1. The molecule has 17 heavy (non-hydrogen) atoms. The number of hydrogen-bond acceptors (Lipinski definition) is 3. The Hall–Kier alpha value is -1.03. The molecule has 2 rings (SSSR count). The molecule has 0 radical (unpaired) electrons. The van der Waals surface area contributed by atoms with E-state index in [2.05, 4.69) is 15.9 Å². The lowest BCUT2D eigenvalue weighted by Gasteiger charge is -2.17. The molecular formula is C13H15BrO3. The van der Waals surface area contributed by atoms with Crippen molar-refractivity contribution >= 4 is 21.9 Å². The van der Waals surface area contributed by atoms with Crippen LogP contribution in [0.1, 0.15) is 18.4 Å². The third-order valence-electron chi connectivity index (χ3n) is 2.82. The van der Waals surface area contributed by atoms with E-state index < -0.39 is 6.10 Å². The second-order valence-electron chi connectivity index (χ2n) is 4.33. The van der Waals surface area contributed by atoms with Gasteiger partial charge in [0.15, 0.2) is 6.10 Å². The average Bonchev–Trinajstić information content (AvgIpc) is 3.11. The predicted octanol–water partition coefficient (Wildman–Crippen LogP) is 3.09. The second-order valence-corrected chi connectivity index (χ2v) is 5.19. The number of carbonyl (C=O) groups excluding carboxylic acids is 1. The summed E-state index contributed by atoms with van der Waals surface area (Å²) in [7, 11) is 1.39. The van der Waals surface area contributed by atoms with Crippen molar-refractivity contribution in [3.8, 4) is 5.75 Å². The first-order chi connectivity index (χ1) is 8.11. The molecule has 0 heterocycles. The lowest BCUT2D eigenvalue weighted by atomic mass is 10.2. The summed E-state index contributed by atoms with van der Waals surface area (Å²) in [5, 5.41) is 0. The molecule has 1 aromatic carbocycles. The first-order valence-electron chi connectivity index (χ1n) is 5.62. The summed E-state index contributed by atoms with van der Waals surface area (Å²) in [6.07, 6.45) is 1.59. The first kappa shape index (κ1) is 12.4. The molecule has 3 nitrogen and oxygen atoms in total. The topological polar surface area (TPSA) is 35.5 Å². The minimum absolute atomic E-state index is 0.292. The van der Waals surface area contributed by atoms with Gasteiger partial charge in [0, 0.05) is 5.92 Å². The highest BCUT2D eigenvalue weighted by molar-refractivity contribution is 9.10. The molecule has 1 atom stereocenters. The van der Waals surface area contributed by atoms with Gasteiger partial charge in [0.2, 0.25) is 0 Å². The highest BCUT2D eigenvalue weighted by atomic mass is 79.9. The van der Waals surface area contributed by atoms with Crippen LogP contribution in [0, 0.1) is 12.8 Å². The van der Waals surface area contributed by atoms with Crippen LogP contribution in [0.15, 0.2) is 22.7 Å². The zero-order chi connectivity index (χ0) is 12.4. The lowest BCUT2D eigenvalue weighted by molar-refractivity contribution is -0.149. The van der Waals surface area contributed by atoms with Gasteiger partial charge in [0.1, 0.15) is 5.75 Å². The van der Waals surface area contributed by atoms with Crippen molar-refractivity contribution in [3.63, 3.8) is 0 Å². The van der Waals surface area contributed by atoms with Gasteiger partial charge in [-0.3, -0.25) is 0 Å². The fraction of sp³-hybridized carbons (Fsp3) is 0.462. The van der Waals surface area contributed by atoms with Crippen molar-refractivity contribution in [2.45, 2.75) is 25.9 Å². The van der Waals surface area contributed by atoms with Gasteiger partial charge in [-0.2, -0.15) is 0 Å². The van der Waals surface area contributed by atoms with Gasteiger partial charge >= 0.3 is 5.97 Å². The van der Waals surface area contributed by atoms with Gasteiger partial charge in [-0.25, -0.2) is 4.79 Å². The van der Waals surface area contributed by atoms with Crippen molar-refractivity contribution in [3.05, 3.63) is 28.2 Å². The van der Waals surface area contributed by atoms with Crippen molar-refractivity contribution < 1.29 is 14.3 Å². The van der Waals surface area contributed by atoms with Gasteiger partial charge in [-0.05, 0) is 53.4 Å². The Morgan fingerprint density at radius 3 is 2.71 bits per heavy atom. The summed E-state index contributed by atoms with van der Waals surface area (Å²) in [5.74, 6) is 0.702. The van der Waals surface area contributed by atoms with E-state index in [0.29, 0.717) is 11.7 Å². The zero-order valence-corrected chi connectivity index (χ0v) is 11.5. The van der Waals surface area contributed by atoms with Crippen LogP contribution in [-0.4, -0.2) is 19.2 Å². The highest BCUT2D eigenvalue weighted by Gasteiger charge is 2.39. The van der Waals surface area contributed by atoms with Crippen molar-refractivity contribution in [2.24, 2.45) is 5.92 Å². The maximum Gasteiger partial charge on any atom is 0.347 e. The molecule has 0 saturated heterocycles. The number of halogens is 1. The zero-order valence-electron chi connectivity index (χ0n) is 9.90. The Balaban J connectivity index is 2.14. The van der Waals surface area contributed by atoms with Crippen LogP contribution in [0.2, 0.25) is 0 Å². The quantitative estimate of drug-likeness (QED) is 0.801. The van der Waals surface area contributed by atoms with Crippen LogP contribution >= 0.6 is 15.9 Å². The van der Waals surface area contributed by atoms with Crippen LogP contribution in [0.5, 0.6) is 5.75 Å². The number of aryl methyl sites for hydroxylation is 1. The molecule has 1 aromatic rings. The minimum atomic E-state index is -0.473. The van der Waals surface area contributed by atoms with Crippen LogP contribution in [0.4, 0.5) is 0 Å². The van der Waals surface area contributed by atoms with Crippen LogP contribution < -0.4 is 4.74 Å². The Labute approximate surface area is 109 Å².